The zero-order chi connectivity index (χ0) is 14.7. The summed E-state index contributed by atoms with van der Waals surface area (Å²) in [6.07, 6.45) is 3.45. The molecule has 0 saturated carbocycles. The molecule has 0 aromatic carbocycles. The van der Waals surface area contributed by atoms with E-state index < -0.39 is 17.9 Å². The van der Waals surface area contributed by atoms with Crippen LogP contribution in [0.1, 0.15) is 19.0 Å². The van der Waals surface area contributed by atoms with E-state index in [0.29, 0.717) is 10.6 Å². The van der Waals surface area contributed by atoms with Crippen LogP contribution >= 0.6 is 24.0 Å². The first-order valence-electron chi connectivity index (χ1n) is 5.93. The van der Waals surface area contributed by atoms with Gasteiger partial charge in [0.05, 0.1) is 22.6 Å². The second kappa shape index (κ2) is 6.15. The summed E-state index contributed by atoms with van der Waals surface area (Å²) in [4.78, 5) is 28.9. The van der Waals surface area contributed by atoms with Gasteiger partial charge in [-0.15, -0.1) is 0 Å². The molecule has 104 valence electrons. The van der Waals surface area contributed by atoms with Crippen LogP contribution in [-0.2, 0) is 9.59 Å². The summed E-state index contributed by atoms with van der Waals surface area (Å²) in [5.41, 5.74) is 0.620. The van der Waals surface area contributed by atoms with Crippen LogP contribution in [0.5, 0.6) is 0 Å². The van der Waals surface area contributed by atoms with Gasteiger partial charge in [0.25, 0.3) is 5.91 Å². The number of hydrogen-bond acceptors (Lipinski definition) is 6. The van der Waals surface area contributed by atoms with Crippen molar-refractivity contribution < 1.29 is 14.7 Å². The predicted molar refractivity (Wildman–Crippen MR) is 78.3 cm³/mol. The van der Waals surface area contributed by atoms with E-state index in [9.17, 15) is 14.7 Å². The summed E-state index contributed by atoms with van der Waals surface area (Å²) in [5, 5.41) is 11.1. The van der Waals surface area contributed by atoms with Gasteiger partial charge in [0.2, 0.25) is 0 Å². The SMILES string of the molecule is CC[C@@H](C(=O)[O-])N1C(=O)/C(=C/c2ccccn2)SC1=S. The molecule has 1 atom stereocenters. The van der Waals surface area contributed by atoms with E-state index in [2.05, 4.69) is 4.98 Å². The molecule has 5 nitrogen and oxygen atoms in total. The Morgan fingerprint density at radius 1 is 1.60 bits per heavy atom. The highest BCUT2D eigenvalue weighted by molar-refractivity contribution is 8.26. The first kappa shape index (κ1) is 14.7. The van der Waals surface area contributed by atoms with Crippen LogP contribution in [0, 0.1) is 0 Å². The highest BCUT2D eigenvalue weighted by atomic mass is 32.2. The number of rotatable bonds is 4. The van der Waals surface area contributed by atoms with Gasteiger partial charge in [-0.3, -0.25) is 14.7 Å². The molecule has 1 aromatic heterocycles. The van der Waals surface area contributed by atoms with E-state index in [1.807, 2.05) is 0 Å². The third kappa shape index (κ3) is 2.88. The van der Waals surface area contributed by atoms with Crippen molar-refractivity contribution in [2.45, 2.75) is 19.4 Å². The normalized spacial score (nSPS) is 18.6. The number of pyridine rings is 1. The van der Waals surface area contributed by atoms with Crippen LogP contribution in [0.15, 0.2) is 29.3 Å². The van der Waals surface area contributed by atoms with Crippen molar-refractivity contribution in [3.05, 3.63) is 35.0 Å². The van der Waals surface area contributed by atoms with Gasteiger partial charge >= 0.3 is 0 Å². The van der Waals surface area contributed by atoms with E-state index in [1.54, 1.807) is 37.4 Å². The van der Waals surface area contributed by atoms with Gasteiger partial charge in [-0.1, -0.05) is 37.0 Å². The van der Waals surface area contributed by atoms with Crippen LogP contribution in [0.2, 0.25) is 0 Å². The number of amides is 1. The van der Waals surface area contributed by atoms with Gasteiger partial charge in [0.15, 0.2) is 0 Å². The molecule has 7 heteroatoms. The Morgan fingerprint density at radius 2 is 2.35 bits per heavy atom. The molecule has 0 unspecified atom stereocenters. The summed E-state index contributed by atoms with van der Waals surface area (Å²) in [7, 11) is 0. The van der Waals surface area contributed by atoms with Gasteiger partial charge in [0, 0.05) is 6.20 Å². The molecule has 1 saturated heterocycles. The quantitative estimate of drug-likeness (QED) is 0.605. The molecular formula is C13H11N2O3S2-. The third-order valence-corrected chi connectivity index (χ3v) is 4.09. The molecule has 20 heavy (non-hydrogen) atoms. The monoisotopic (exact) mass is 307 g/mol. The molecule has 2 heterocycles. The fraction of sp³-hybridized carbons (Fsp3) is 0.231. The first-order chi connectivity index (χ1) is 9.54. The predicted octanol–water partition coefficient (Wildman–Crippen LogP) is 0.811. The van der Waals surface area contributed by atoms with Crippen molar-refractivity contribution >= 4 is 46.3 Å². The van der Waals surface area contributed by atoms with Gasteiger partial charge < -0.3 is 9.90 Å². The number of carbonyl (C=O) groups excluding carboxylic acids is 2. The van der Waals surface area contributed by atoms with Gasteiger partial charge in [-0.2, -0.15) is 0 Å². The lowest BCUT2D eigenvalue weighted by atomic mass is 10.2. The molecule has 0 bridgehead atoms. The molecule has 1 aromatic rings. The van der Waals surface area contributed by atoms with E-state index in [-0.39, 0.29) is 10.7 Å². The van der Waals surface area contributed by atoms with Crippen LogP contribution in [0.3, 0.4) is 0 Å². The summed E-state index contributed by atoms with van der Waals surface area (Å²) in [6, 6.07) is 4.29. The molecule has 1 amide bonds. The average Bonchev–Trinajstić information content (AvgIpc) is 2.68. The highest BCUT2D eigenvalue weighted by Crippen LogP contribution is 2.34. The maximum Gasteiger partial charge on any atom is 0.266 e. The second-order valence-electron chi connectivity index (χ2n) is 4.05. The minimum Gasteiger partial charge on any atom is -0.548 e. The summed E-state index contributed by atoms with van der Waals surface area (Å²) < 4.78 is 0.230. The Balaban J connectivity index is 2.29. The van der Waals surface area contributed by atoms with Crippen molar-refractivity contribution in [1.29, 1.82) is 0 Å². The molecule has 0 radical (unpaired) electrons. The summed E-state index contributed by atoms with van der Waals surface area (Å²) in [5.74, 6) is -1.72. The molecule has 1 aliphatic rings. The Bertz CT molecular complexity index is 587. The summed E-state index contributed by atoms with van der Waals surface area (Å²) in [6.45, 7) is 1.67. The lowest BCUT2D eigenvalue weighted by Crippen LogP contribution is -2.49. The van der Waals surface area contributed by atoms with Crippen LogP contribution in [0.25, 0.3) is 6.08 Å². The lowest BCUT2D eigenvalue weighted by Gasteiger charge is -2.26. The Kier molecular flexibility index (Phi) is 4.51. The molecule has 2 rings (SSSR count). The second-order valence-corrected chi connectivity index (χ2v) is 5.73. The molecule has 0 spiro atoms. The molecule has 1 fully saturated rings. The highest BCUT2D eigenvalue weighted by Gasteiger charge is 2.37. The van der Waals surface area contributed by atoms with Crippen molar-refractivity contribution in [2.75, 3.05) is 0 Å². The standard InChI is InChI=1S/C13H12N2O3S2/c1-2-9(12(17)18)15-11(16)10(20-13(15)19)7-8-5-3-4-6-14-8/h3-7,9H,2H2,1H3,(H,17,18)/p-1/b10-7-/t9-/m0/s1. The Labute approximate surface area is 125 Å². The number of carboxylic acids is 1. The van der Waals surface area contributed by atoms with Crippen LogP contribution in [0.4, 0.5) is 0 Å². The Morgan fingerprint density at radius 3 is 2.90 bits per heavy atom. The van der Waals surface area contributed by atoms with Gasteiger partial charge in [0.1, 0.15) is 4.32 Å². The van der Waals surface area contributed by atoms with E-state index in [1.165, 1.54) is 0 Å². The van der Waals surface area contributed by atoms with Crippen molar-refractivity contribution in [3.63, 3.8) is 0 Å². The lowest BCUT2D eigenvalue weighted by molar-refractivity contribution is -0.310. The third-order valence-electron chi connectivity index (χ3n) is 2.76. The number of nitrogens with zero attached hydrogens (tertiary/aromatic N) is 2. The minimum atomic E-state index is -1.30. The van der Waals surface area contributed by atoms with Gasteiger partial charge in [-0.05, 0) is 24.6 Å². The number of carbonyl (C=O) groups is 2. The number of thioether (sulfide) groups is 1. The van der Waals surface area contributed by atoms with Crippen LogP contribution in [-0.4, -0.2) is 32.1 Å². The fourth-order valence-electron chi connectivity index (χ4n) is 1.80. The minimum absolute atomic E-state index is 0.230. The van der Waals surface area contributed by atoms with Crippen LogP contribution < -0.4 is 5.11 Å². The Hall–Kier alpha value is -1.73. The van der Waals surface area contributed by atoms with Crippen molar-refractivity contribution in [3.8, 4) is 0 Å². The number of hydrogen-bond donors (Lipinski definition) is 0. The molecule has 1 aliphatic heterocycles. The maximum atomic E-state index is 12.3. The van der Waals surface area contributed by atoms with E-state index >= 15 is 0 Å². The largest absolute Gasteiger partial charge is 0.548 e. The van der Waals surface area contributed by atoms with Gasteiger partial charge in [-0.25, -0.2) is 0 Å². The smallest absolute Gasteiger partial charge is 0.266 e. The maximum absolute atomic E-state index is 12.3. The van der Waals surface area contributed by atoms with Crippen molar-refractivity contribution in [1.82, 2.24) is 9.88 Å². The fourth-order valence-corrected chi connectivity index (χ4v) is 3.14. The number of aromatic nitrogens is 1. The molecular weight excluding hydrogens is 296 g/mol. The molecule has 0 aliphatic carbocycles. The van der Waals surface area contributed by atoms with Crippen molar-refractivity contribution in [2.24, 2.45) is 0 Å². The summed E-state index contributed by atoms with van der Waals surface area (Å²) >= 11 is 6.16. The first-order valence-corrected chi connectivity index (χ1v) is 7.16. The number of thiocarbonyl (C=S) groups is 1. The average molecular weight is 307 g/mol. The molecule has 0 N–H and O–H groups in total. The zero-order valence-corrected chi connectivity index (χ0v) is 12.2. The topological polar surface area (TPSA) is 73.3 Å². The zero-order valence-electron chi connectivity index (χ0n) is 10.6. The van der Waals surface area contributed by atoms with E-state index in [4.69, 9.17) is 12.2 Å². The van der Waals surface area contributed by atoms with E-state index in [0.717, 1.165) is 16.7 Å². The number of carboxylic acid groups (broad SMARTS) is 1. The number of aliphatic carboxylic acids is 1.